The third-order valence-corrected chi connectivity index (χ3v) is 6.26. The smallest absolute Gasteiger partial charge is 0.220 e. The Morgan fingerprint density at radius 3 is 2.70 bits per heavy atom. The number of benzene rings is 1. The van der Waals surface area contributed by atoms with Crippen LogP contribution in [-0.2, 0) is 16.8 Å². The highest BCUT2D eigenvalue weighted by molar-refractivity contribution is 5.77. The normalized spacial score (nSPS) is 21.5. The summed E-state index contributed by atoms with van der Waals surface area (Å²) < 4.78 is 5.52. The van der Waals surface area contributed by atoms with Gasteiger partial charge in [-0.15, -0.1) is 0 Å². The lowest BCUT2D eigenvalue weighted by Crippen LogP contribution is -2.41. The predicted molar refractivity (Wildman–Crippen MR) is 107 cm³/mol. The van der Waals surface area contributed by atoms with Gasteiger partial charge in [0.2, 0.25) is 5.91 Å². The number of fused-ring (bicyclic) bond motifs is 2. The summed E-state index contributed by atoms with van der Waals surface area (Å²) in [7, 11) is 0. The van der Waals surface area contributed by atoms with Crippen molar-refractivity contribution in [2.75, 3.05) is 13.1 Å². The van der Waals surface area contributed by atoms with Crippen LogP contribution in [-0.4, -0.2) is 29.9 Å². The van der Waals surface area contributed by atoms with E-state index in [1.807, 2.05) is 19.9 Å². The van der Waals surface area contributed by atoms with Gasteiger partial charge in [0, 0.05) is 12.5 Å². The first-order chi connectivity index (χ1) is 13.1. The predicted octanol–water partition coefficient (Wildman–Crippen LogP) is 4.22. The standard InChI is InChI=1S/C23H30N2O2/c1-17(2)24-22(26)14-18-15-23(21-8-4-3-7-20(18)21)9-11-25(12-10-23)16-19-6-5-13-27-19/h3-8,13,17-18H,9-12,14-16H2,1-2H3,(H,24,26). The molecule has 4 rings (SSSR count). The quantitative estimate of drug-likeness (QED) is 0.862. The number of hydrogen-bond acceptors (Lipinski definition) is 3. The van der Waals surface area contributed by atoms with Gasteiger partial charge in [-0.3, -0.25) is 9.69 Å². The monoisotopic (exact) mass is 366 g/mol. The van der Waals surface area contributed by atoms with Crippen LogP contribution in [0.1, 0.15) is 62.3 Å². The molecule has 1 N–H and O–H groups in total. The van der Waals surface area contributed by atoms with E-state index in [2.05, 4.69) is 40.5 Å². The van der Waals surface area contributed by atoms with Gasteiger partial charge in [0.25, 0.3) is 0 Å². The molecule has 1 atom stereocenters. The van der Waals surface area contributed by atoms with Crippen molar-refractivity contribution >= 4 is 5.91 Å². The molecule has 2 heterocycles. The second-order valence-corrected chi connectivity index (χ2v) is 8.55. The fraction of sp³-hybridized carbons (Fsp3) is 0.522. The summed E-state index contributed by atoms with van der Waals surface area (Å²) in [5, 5.41) is 3.07. The third kappa shape index (κ3) is 3.81. The number of nitrogens with zero attached hydrogens (tertiary/aromatic N) is 1. The second-order valence-electron chi connectivity index (χ2n) is 8.55. The molecule has 1 amide bonds. The van der Waals surface area contributed by atoms with Crippen molar-refractivity contribution in [2.24, 2.45) is 0 Å². The molecule has 2 aromatic rings. The van der Waals surface area contributed by atoms with Crippen molar-refractivity contribution in [1.29, 1.82) is 0 Å². The van der Waals surface area contributed by atoms with Crippen LogP contribution in [0, 0.1) is 0 Å². The molecule has 27 heavy (non-hydrogen) atoms. The molecular formula is C23H30N2O2. The minimum Gasteiger partial charge on any atom is -0.468 e. The molecule has 1 aromatic carbocycles. The minimum absolute atomic E-state index is 0.178. The fourth-order valence-corrected chi connectivity index (χ4v) is 5.05. The number of nitrogens with one attached hydrogen (secondary N) is 1. The minimum atomic E-state index is 0.178. The summed E-state index contributed by atoms with van der Waals surface area (Å²) in [6, 6.07) is 13.0. The van der Waals surface area contributed by atoms with E-state index in [0.29, 0.717) is 12.3 Å². The lowest BCUT2D eigenvalue weighted by molar-refractivity contribution is -0.122. The summed E-state index contributed by atoms with van der Waals surface area (Å²) in [6.07, 6.45) is 5.78. The molecule has 144 valence electrons. The van der Waals surface area contributed by atoms with E-state index in [9.17, 15) is 4.79 Å². The highest BCUT2D eigenvalue weighted by atomic mass is 16.3. The number of amides is 1. The topological polar surface area (TPSA) is 45.5 Å². The molecule has 1 saturated heterocycles. The lowest BCUT2D eigenvalue weighted by atomic mass is 9.73. The van der Waals surface area contributed by atoms with E-state index in [4.69, 9.17) is 4.42 Å². The van der Waals surface area contributed by atoms with E-state index in [1.54, 1.807) is 6.26 Å². The molecule has 4 nitrogen and oxygen atoms in total. The average Bonchev–Trinajstić information content (AvgIpc) is 3.24. The molecule has 0 saturated carbocycles. The molecule has 1 unspecified atom stereocenters. The first kappa shape index (κ1) is 18.3. The van der Waals surface area contributed by atoms with E-state index in [1.165, 1.54) is 11.1 Å². The Morgan fingerprint density at radius 2 is 2.00 bits per heavy atom. The number of carbonyl (C=O) groups is 1. The van der Waals surface area contributed by atoms with Gasteiger partial charge < -0.3 is 9.73 Å². The fourth-order valence-electron chi connectivity index (χ4n) is 5.05. The van der Waals surface area contributed by atoms with Crippen LogP contribution in [0.3, 0.4) is 0 Å². The van der Waals surface area contributed by atoms with Crippen LogP contribution in [0.4, 0.5) is 0 Å². The van der Waals surface area contributed by atoms with E-state index >= 15 is 0 Å². The van der Waals surface area contributed by atoms with Crippen LogP contribution in [0.25, 0.3) is 0 Å². The van der Waals surface area contributed by atoms with Crippen molar-refractivity contribution in [3.05, 3.63) is 59.5 Å². The average molecular weight is 367 g/mol. The molecule has 0 bridgehead atoms. The maximum atomic E-state index is 12.4. The van der Waals surface area contributed by atoms with Gasteiger partial charge in [-0.1, -0.05) is 24.3 Å². The largest absolute Gasteiger partial charge is 0.468 e. The van der Waals surface area contributed by atoms with Gasteiger partial charge in [0.05, 0.1) is 12.8 Å². The third-order valence-electron chi connectivity index (χ3n) is 6.26. The molecular weight excluding hydrogens is 336 g/mol. The Kier molecular flexibility index (Phi) is 5.09. The second kappa shape index (κ2) is 7.51. The van der Waals surface area contributed by atoms with Gasteiger partial charge in [0.15, 0.2) is 0 Å². The van der Waals surface area contributed by atoms with Gasteiger partial charge >= 0.3 is 0 Å². The number of furan rings is 1. The summed E-state index contributed by atoms with van der Waals surface area (Å²) >= 11 is 0. The summed E-state index contributed by atoms with van der Waals surface area (Å²) in [5.41, 5.74) is 3.12. The van der Waals surface area contributed by atoms with Gasteiger partial charge in [-0.05, 0) is 80.8 Å². The van der Waals surface area contributed by atoms with E-state index < -0.39 is 0 Å². The van der Waals surface area contributed by atoms with Crippen LogP contribution in [0.5, 0.6) is 0 Å². The van der Waals surface area contributed by atoms with E-state index in [-0.39, 0.29) is 17.4 Å². The van der Waals surface area contributed by atoms with Gasteiger partial charge in [-0.2, -0.15) is 0 Å². The Labute approximate surface area is 161 Å². The first-order valence-electron chi connectivity index (χ1n) is 10.2. The zero-order valence-electron chi connectivity index (χ0n) is 16.4. The lowest BCUT2D eigenvalue weighted by Gasteiger charge is -2.40. The number of hydrogen-bond donors (Lipinski definition) is 1. The maximum Gasteiger partial charge on any atom is 0.220 e. The van der Waals surface area contributed by atoms with Crippen molar-refractivity contribution < 1.29 is 9.21 Å². The summed E-state index contributed by atoms with van der Waals surface area (Å²) in [5.74, 6) is 1.56. The molecule has 1 fully saturated rings. The Balaban J connectivity index is 1.46. The highest BCUT2D eigenvalue weighted by Gasteiger charge is 2.45. The van der Waals surface area contributed by atoms with Crippen LogP contribution in [0.15, 0.2) is 47.1 Å². The molecule has 1 spiro atoms. The Hall–Kier alpha value is -2.07. The summed E-state index contributed by atoms with van der Waals surface area (Å²) in [4.78, 5) is 14.9. The van der Waals surface area contributed by atoms with Crippen molar-refractivity contribution in [3.8, 4) is 0 Å². The van der Waals surface area contributed by atoms with Crippen LogP contribution < -0.4 is 5.32 Å². The molecule has 4 heteroatoms. The van der Waals surface area contributed by atoms with Crippen LogP contribution in [0.2, 0.25) is 0 Å². The van der Waals surface area contributed by atoms with Gasteiger partial charge in [-0.25, -0.2) is 0 Å². The number of rotatable bonds is 5. The molecule has 1 aromatic heterocycles. The number of piperidine rings is 1. The SMILES string of the molecule is CC(C)NC(=O)CC1CC2(CCN(Cc3ccco3)CC2)c2ccccc21. The zero-order chi connectivity index (χ0) is 18.9. The Bertz CT molecular complexity index is 773. The van der Waals surface area contributed by atoms with Crippen molar-refractivity contribution in [1.82, 2.24) is 10.2 Å². The van der Waals surface area contributed by atoms with Crippen LogP contribution >= 0.6 is 0 Å². The molecule has 2 aliphatic rings. The summed E-state index contributed by atoms with van der Waals surface area (Å²) in [6.45, 7) is 7.11. The van der Waals surface area contributed by atoms with Crippen molar-refractivity contribution in [2.45, 2.75) is 63.5 Å². The zero-order valence-corrected chi connectivity index (χ0v) is 16.4. The molecule has 0 radical (unpaired) electrons. The Morgan fingerprint density at radius 1 is 1.22 bits per heavy atom. The maximum absolute atomic E-state index is 12.4. The first-order valence-corrected chi connectivity index (χ1v) is 10.2. The van der Waals surface area contributed by atoms with E-state index in [0.717, 1.165) is 44.7 Å². The number of carbonyl (C=O) groups excluding carboxylic acids is 1. The molecule has 1 aliphatic carbocycles. The highest BCUT2D eigenvalue weighted by Crippen LogP contribution is 2.52. The van der Waals surface area contributed by atoms with Gasteiger partial charge in [0.1, 0.15) is 5.76 Å². The molecule has 1 aliphatic heterocycles. The van der Waals surface area contributed by atoms with Crippen molar-refractivity contribution in [3.63, 3.8) is 0 Å². The number of likely N-dealkylation sites (tertiary alicyclic amines) is 1.